The predicted molar refractivity (Wildman–Crippen MR) is 52.8 cm³/mol. The van der Waals surface area contributed by atoms with Gasteiger partial charge in [0, 0.05) is 0 Å². The van der Waals surface area contributed by atoms with Crippen molar-refractivity contribution in [1.29, 1.82) is 0 Å². The molecule has 0 amide bonds. The Morgan fingerprint density at radius 1 is 1.29 bits per heavy atom. The van der Waals surface area contributed by atoms with Crippen molar-refractivity contribution in [3.8, 4) is 0 Å². The third-order valence-electron chi connectivity index (χ3n) is 1.75. The van der Waals surface area contributed by atoms with Crippen molar-refractivity contribution in [1.82, 2.24) is 0 Å². The molecule has 6 heteroatoms. The van der Waals surface area contributed by atoms with Crippen LogP contribution >= 0.6 is 12.6 Å². The van der Waals surface area contributed by atoms with Crippen molar-refractivity contribution in [3.63, 3.8) is 0 Å². The highest BCUT2D eigenvalue weighted by Crippen LogP contribution is 2.16. The summed E-state index contributed by atoms with van der Waals surface area (Å²) in [6, 6.07) is 0. The number of rotatable bonds is 6. The Hall–Kier alpha value is -0.560. The van der Waals surface area contributed by atoms with Crippen LogP contribution in [-0.2, 0) is 9.53 Å². The lowest BCUT2D eigenvalue weighted by molar-refractivity contribution is -0.145. The van der Waals surface area contributed by atoms with Crippen LogP contribution in [0.3, 0.4) is 0 Å². The van der Waals surface area contributed by atoms with E-state index in [1.54, 1.807) is 0 Å². The number of aliphatic hydroxyl groups is 3. The zero-order chi connectivity index (χ0) is 11.2. The lowest BCUT2D eigenvalue weighted by Gasteiger charge is -2.26. The summed E-state index contributed by atoms with van der Waals surface area (Å²) in [6.45, 7) is 1.51. The standard InChI is InChI=1S/C8H14O5S/c1-6(14)7(12)13-5-8(2-9,3-10)4-11/h9-11,14H,1-5H2. The van der Waals surface area contributed by atoms with Crippen molar-refractivity contribution in [2.45, 2.75) is 0 Å². The van der Waals surface area contributed by atoms with Gasteiger partial charge in [0.2, 0.25) is 0 Å². The second kappa shape index (κ2) is 6.02. The van der Waals surface area contributed by atoms with Crippen LogP contribution < -0.4 is 0 Å². The van der Waals surface area contributed by atoms with Crippen LogP contribution in [0.15, 0.2) is 11.5 Å². The van der Waals surface area contributed by atoms with Crippen molar-refractivity contribution in [3.05, 3.63) is 11.5 Å². The largest absolute Gasteiger partial charge is 0.461 e. The monoisotopic (exact) mass is 222 g/mol. The average molecular weight is 222 g/mol. The molecule has 0 unspecified atom stereocenters. The summed E-state index contributed by atoms with van der Waals surface area (Å²) < 4.78 is 4.65. The molecule has 0 saturated heterocycles. The highest BCUT2D eigenvalue weighted by Gasteiger charge is 2.30. The number of thiol groups is 1. The molecule has 0 spiro atoms. The van der Waals surface area contributed by atoms with Crippen LogP contribution in [0, 0.1) is 5.41 Å². The Labute approximate surface area is 87.4 Å². The van der Waals surface area contributed by atoms with Gasteiger partial charge in [-0.3, -0.25) is 0 Å². The van der Waals surface area contributed by atoms with Gasteiger partial charge in [-0.05, 0) is 0 Å². The van der Waals surface area contributed by atoms with E-state index in [4.69, 9.17) is 15.3 Å². The van der Waals surface area contributed by atoms with Gasteiger partial charge in [-0.25, -0.2) is 4.79 Å². The molecular formula is C8H14O5S. The number of carbonyl (C=O) groups excluding carboxylic acids is 1. The second-order valence-corrected chi connectivity index (χ2v) is 3.54. The second-order valence-electron chi connectivity index (χ2n) is 3.00. The molecule has 0 rings (SSSR count). The van der Waals surface area contributed by atoms with E-state index in [1.807, 2.05) is 0 Å². The number of aliphatic hydroxyl groups excluding tert-OH is 3. The molecular weight excluding hydrogens is 208 g/mol. The van der Waals surface area contributed by atoms with Crippen molar-refractivity contribution in [2.24, 2.45) is 5.41 Å². The smallest absolute Gasteiger partial charge is 0.343 e. The number of carbonyl (C=O) groups is 1. The van der Waals surface area contributed by atoms with Gasteiger partial charge in [-0.2, -0.15) is 0 Å². The third kappa shape index (κ3) is 3.67. The van der Waals surface area contributed by atoms with Crippen LogP contribution in [0.1, 0.15) is 0 Å². The highest BCUT2D eigenvalue weighted by molar-refractivity contribution is 7.85. The van der Waals surface area contributed by atoms with Crippen LogP contribution in [0.4, 0.5) is 0 Å². The molecule has 82 valence electrons. The third-order valence-corrected chi connectivity index (χ3v) is 1.93. The molecule has 0 aliphatic heterocycles. The normalized spacial score (nSPS) is 11.1. The molecule has 3 N–H and O–H groups in total. The summed E-state index contributed by atoms with van der Waals surface area (Å²) in [5, 5.41) is 26.6. The first-order chi connectivity index (χ1) is 6.51. The molecule has 0 heterocycles. The van der Waals surface area contributed by atoms with Gasteiger partial charge in [0.15, 0.2) is 0 Å². The molecule has 0 fully saturated rings. The summed E-state index contributed by atoms with van der Waals surface area (Å²) >= 11 is 3.65. The van der Waals surface area contributed by atoms with E-state index < -0.39 is 31.2 Å². The van der Waals surface area contributed by atoms with E-state index in [0.717, 1.165) is 0 Å². The maximum atomic E-state index is 10.9. The molecule has 0 aliphatic rings. The highest BCUT2D eigenvalue weighted by atomic mass is 32.1. The fraction of sp³-hybridized carbons (Fsp3) is 0.625. The summed E-state index contributed by atoms with van der Waals surface area (Å²) in [5.41, 5.74) is -1.21. The molecule has 0 aliphatic carbocycles. The Kier molecular flexibility index (Phi) is 5.78. The minimum atomic E-state index is -1.21. The SMILES string of the molecule is C=C(S)C(=O)OCC(CO)(CO)CO. The van der Waals surface area contributed by atoms with Crippen molar-refractivity contribution >= 4 is 18.6 Å². The summed E-state index contributed by atoms with van der Waals surface area (Å²) in [5.74, 6) is -0.743. The molecule has 14 heavy (non-hydrogen) atoms. The molecule has 0 atom stereocenters. The van der Waals surface area contributed by atoms with Gasteiger partial charge >= 0.3 is 5.97 Å². The molecule has 0 saturated carbocycles. The minimum Gasteiger partial charge on any atom is -0.461 e. The summed E-state index contributed by atoms with van der Waals surface area (Å²) in [7, 11) is 0. The van der Waals surface area contributed by atoms with Crippen LogP contribution in [-0.4, -0.2) is 47.7 Å². The first-order valence-electron chi connectivity index (χ1n) is 3.89. The predicted octanol–water partition coefficient (Wildman–Crippen LogP) is -1.06. The fourth-order valence-corrected chi connectivity index (χ4v) is 0.653. The van der Waals surface area contributed by atoms with Gasteiger partial charge in [-0.1, -0.05) is 6.58 Å². The number of esters is 1. The van der Waals surface area contributed by atoms with Gasteiger partial charge in [0.1, 0.15) is 6.61 Å². The Morgan fingerprint density at radius 3 is 2.00 bits per heavy atom. The van der Waals surface area contributed by atoms with E-state index >= 15 is 0 Å². The van der Waals surface area contributed by atoms with Gasteiger partial charge in [-0.15, -0.1) is 12.6 Å². The zero-order valence-corrected chi connectivity index (χ0v) is 8.54. The summed E-state index contributed by atoms with van der Waals surface area (Å²) in [4.78, 5) is 10.8. The Morgan fingerprint density at radius 2 is 1.71 bits per heavy atom. The maximum Gasteiger partial charge on any atom is 0.343 e. The van der Waals surface area contributed by atoms with Crippen LogP contribution in [0.5, 0.6) is 0 Å². The Bertz CT molecular complexity index is 204. The fourth-order valence-electron chi connectivity index (χ4n) is 0.589. The molecule has 5 nitrogen and oxygen atoms in total. The van der Waals surface area contributed by atoms with Gasteiger partial charge in [0.25, 0.3) is 0 Å². The first kappa shape index (κ1) is 13.4. The number of hydrogen-bond acceptors (Lipinski definition) is 6. The van der Waals surface area contributed by atoms with Crippen molar-refractivity contribution < 1.29 is 24.9 Å². The quantitative estimate of drug-likeness (QED) is 0.261. The minimum absolute atomic E-state index is 0.0762. The van der Waals surface area contributed by atoms with E-state index in [2.05, 4.69) is 23.9 Å². The molecule has 0 aromatic rings. The molecule has 0 radical (unpaired) electrons. The van der Waals surface area contributed by atoms with Gasteiger partial charge in [0.05, 0.1) is 30.1 Å². The van der Waals surface area contributed by atoms with E-state index in [9.17, 15) is 4.79 Å². The Balaban J connectivity index is 4.19. The average Bonchev–Trinajstić information content (AvgIpc) is 2.20. The zero-order valence-electron chi connectivity index (χ0n) is 7.64. The van der Waals surface area contributed by atoms with Crippen LogP contribution in [0.2, 0.25) is 0 Å². The topological polar surface area (TPSA) is 87.0 Å². The molecule has 0 aromatic carbocycles. The van der Waals surface area contributed by atoms with E-state index in [0.29, 0.717) is 0 Å². The lowest BCUT2D eigenvalue weighted by Crippen LogP contribution is -2.39. The number of hydrogen-bond donors (Lipinski definition) is 4. The van der Waals surface area contributed by atoms with E-state index in [-0.39, 0.29) is 11.5 Å². The van der Waals surface area contributed by atoms with Gasteiger partial charge < -0.3 is 20.1 Å². The summed E-state index contributed by atoms with van der Waals surface area (Å²) in [6.07, 6.45) is 0. The molecule has 0 aromatic heterocycles. The van der Waals surface area contributed by atoms with Crippen LogP contribution in [0.25, 0.3) is 0 Å². The lowest BCUT2D eigenvalue weighted by atomic mass is 9.93. The molecule has 0 bridgehead atoms. The first-order valence-corrected chi connectivity index (χ1v) is 4.33. The number of ether oxygens (including phenoxy) is 1. The van der Waals surface area contributed by atoms with Crippen molar-refractivity contribution in [2.75, 3.05) is 26.4 Å². The van der Waals surface area contributed by atoms with E-state index in [1.165, 1.54) is 0 Å². The maximum absolute atomic E-state index is 10.9.